The van der Waals surface area contributed by atoms with Crippen molar-refractivity contribution in [2.45, 2.75) is 12.5 Å². The Balaban J connectivity index is 1.75. The van der Waals surface area contributed by atoms with Gasteiger partial charge in [-0.2, -0.15) is 0 Å². The van der Waals surface area contributed by atoms with E-state index in [1.807, 2.05) is 0 Å². The van der Waals surface area contributed by atoms with Crippen LogP contribution in [0.25, 0.3) is 11.1 Å². The van der Waals surface area contributed by atoms with Crippen LogP contribution in [0.15, 0.2) is 42.5 Å². The second-order valence-corrected chi connectivity index (χ2v) is 4.89. The molecule has 1 unspecified atom stereocenters. The third-order valence-corrected chi connectivity index (χ3v) is 3.61. The van der Waals surface area contributed by atoms with E-state index in [1.54, 1.807) is 0 Å². The highest BCUT2D eigenvalue weighted by Crippen LogP contribution is 2.42. The van der Waals surface area contributed by atoms with Crippen LogP contribution in [0.1, 0.15) is 11.1 Å². The van der Waals surface area contributed by atoms with Crippen LogP contribution >= 0.6 is 0 Å². The molecule has 1 heterocycles. The number of benzene rings is 2. The summed E-state index contributed by atoms with van der Waals surface area (Å²) in [6.07, 6.45) is 1.32. The molecular weight excluding hydrogens is 224 g/mol. The summed E-state index contributed by atoms with van der Waals surface area (Å²) in [4.78, 5) is 0. The van der Waals surface area contributed by atoms with Crippen LogP contribution in [0.2, 0.25) is 0 Å². The van der Waals surface area contributed by atoms with Gasteiger partial charge in [0.15, 0.2) is 0 Å². The average molecular weight is 238 g/mol. The molecule has 4 rings (SSSR count). The standard InChI is InChI=1S/C16H14O2/c1-2-6-14-11(4-1)8-12-5-3-7-15(16(12)14)18-10-13-9-17-13/h1-7,13H,8-10H2. The van der Waals surface area contributed by atoms with Gasteiger partial charge >= 0.3 is 0 Å². The molecule has 1 aliphatic heterocycles. The summed E-state index contributed by atoms with van der Waals surface area (Å²) >= 11 is 0. The SMILES string of the molecule is c1ccc2c(c1)Cc1cccc(OCC3CO3)c1-2. The fourth-order valence-corrected chi connectivity index (χ4v) is 2.62. The highest BCUT2D eigenvalue weighted by atomic mass is 16.6. The molecule has 90 valence electrons. The predicted molar refractivity (Wildman–Crippen MR) is 69.9 cm³/mol. The van der Waals surface area contributed by atoms with E-state index in [0.29, 0.717) is 12.7 Å². The van der Waals surface area contributed by atoms with Crippen LogP contribution in [0.5, 0.6) is 5.75 Å². The lowest BCUT2D eigenvalue weighted by Crippen LogP contribution is -2.04. The van der Waals surface area contributed by atoms with Crippen molar-refractivity contribution in [2.75, 3.05) is 13.2 Å². The van der Waals surface area contributed by atoms with Gasteiger partial charge in [0.25, 0.3) is 0 Å². The van der Waals surface area contributed by atoms with Gasteiger partial charge in [0.05, 0.1) is 6.61 Å². The predicted octanol–water partition coefficient (Wildman–Crippen LogP) is 3.04. The van der Waals surface area contributed by atoms with Gasteiger partial charge in [-0.15, -0.1) is 0 Å². The Labute approximate surface area is 106 Å². The smallest absolute Gasteiger partial charge is 0.127 e. The minimum Gasteiger partial charge on any atom is -0.490 e. The van der Waals surface area contributed by atoms with Gasteiger partial charge in [-0.1, -0.05) is 36.4 Å². The number of hydrogen-bond acceptors (Lipinski definition) is 2. The van der Waals surface area contributed by atoms with Gasteiger partial charge in [-0.05, 0) is 29.2 Å². The van der Waals surface area contributed by atoms with Gasteiger partial charge in [-0.3, -0.25) is 0 Å². The summed E-state index contributed by atoms with van der Waals surface area (Å²) in [5, 5.41) is 0. The number of fused-ring (bicyclic) bond motifs is 3. The van der Waals surface area contributed by atoms with Crippen molar-refractivity contribution in [3.05, 3.63) is 53.6 Å². The first-order chi connectivity index (χ1) is 8.92. The molecule has 1 saturated heterocycles. The summed E-state index contributed by atoms with van der Waals surface area (Å²) in [5.74, 6) is 0.993. The van der Waals surface area contributed by atoms with Gasteiger partial charge in [-0.25, -0.2) is 0 Å². The third-order valence-electron chi connectivity index (χ3n) is 3.61. The van der Waals surface area contributed by atoms with E-state index >= 15 is 0 Å². The van der Waals surface area contributed by atoms with Crippen molar-refractivity contribution >= 4 is 0 Å². The molecule has 1 atom stereocenters. The molecule has 0 spiro atoms. The Morgan fingerprint density at radius 1 is 1.06 bits per heavy atom. The summed E-state index contributed by atoms with van der Waals surface area (Å²) in [7, 11) is 0. The van der Waals surface area contributed by atoms with Crippen LogP contribution in [-0.4, -0.2) is 19.3 Å². The minimum atomic E-state index is 0.303. The van der Waals surface area contributed by atoms with Crippen molar-refractivity contribution in [3.63, 3.8) is 0 Å². The highest BCUT2D eigenvalue weighted by molar-refractivity contribution is 5.81. The van der Waals surface area contributed by atoms with Crippen LogP contribution in [0, 0.1) is 0 Å². The maximum atomic E-state index is 5.90. The lowest BCUT2D eigenvalue weighted by molar-refractivity contribution is 0.264. The molecule has 1 fully saturated rings. The Morgan fingerprint density at radius 3 is 2.78 bits per heavy atom. The minimum absolute atomic E-state index is 0.303. The number of ether oxygens (including phenoxy) is 2. The van der Waals surface area contributed by atoms with E-state index in [0.717, 1.165) is 18.8 Å². The van der Waals surface area contributed by atoms with Crippen molar-refractivity contribution in [3.8, 4) is 16.9 Å². The average Bonchev–Trinajstić information content (AvgIpc) is 3.15. The quantitative estimate of drug-likeness (QED) is 0.654. The molecule has 2 aromatic rings. The molecule has 0 saturated carbocycles. The van der Waals surface area contributed by atoms with Crippen LogP contribution in [0.3, 0.4) is 0 Å². The van der Waals surface area contributed by atoms with E-state index in [2.05, 4.69) is 42.5 Å². The highest BCUT2D eigenvalue weighted by Gasteiger charge is 2.25. The molecule has 2 aliphatic rings. The fraction of sp³-hybridized carbons (Fsp3) is 0.250. The van der Waals surface area contributed by atoms with E-state index in [9.17, 15) is 0 Å². The second kappa shape index (κ2) is 3.85. The molecule has 0 amide bonds. The zero-order valence-electron chi connectivity index (χ0n) is 10.1. The second-order valence-electron chi connectivity index (χ2n) is 4.89. The molecule has 1 aliphatic carbocycles. The first-order valence-corrected chi connectivity index (χ1v) is 6.36. The summed E-state index contributed by atoms with van der Waals surface area (Å²) in [6, 6.07) is 14.9. The Hall–Kier alpha value is -1.80. The van der Waals surface area contributed by atoms with Gasteiger partial charge < -0.3 is 9.47 Å². The molecule has 2 heteroatoms. The molecule has 0 radical (unpaired) electrons. The molecule has 0 bridgehead atoms. The van der Waals surface area contributed by atoms with Crippen molar-refractivity contribution < 1.29 is 9.47 Å². The number of rotatable bonds is 3. The maximum absolute atomic E-state index is 5.90. The monoisotopic (exact) mass is 238 g/mol. The lowest BCUT2D eigenvalue weighted by Gasteiger charge is -2.10. The zero-order valence-corrected chi connectivity index (χ0v) is 10.1. The first kappa shape index (κ1) is 10.2. The van der Waals surface area contributed by atoms with E-state index in [1.165, 1.54) is 22.3 Å². The fourth-order valence-electron chi connectivity index (χ4n) is 2.62. The zero-order chi connectivity index (χ0) is 11.9. The first-order valence-electron chi connectivity index (χ1n) is 6.36. The van der Waals surface area contributed by atoms with Crippen molar-refractivity contribution in [2.24, 2.45) is 0 Å². The summed E-state index contributed by atoms with van der Waals surface area (Å²) < 4.78 is 11.1. The van der Waals surface area contributed by atoms with E-state index in [4.69, 9.17) is 9.47 Å². The molecule has 0 N–H and O–H groups in total. The summed E-state index contributed by atoms with van der Waals surface area (Å²) in [6.45, 7) is 1.50. The Morgan fingerprint density at radius 2 is 1.89 bits per heavy atom. The van der Waals surface area contributed by atoms with Crippen molar-refractivity contribution in [1.29, 1.82) is 0 Å². The maximum Gasteiger partial charge on any atom is 0.127 e. The normalized spacial score (nSPS) is 19.2. The summed E-state index contributed by atoms with van der Waals surface area (Å²) in [5.41, 5.74) is 5.35. The van der Waals surface area contributed by atoms with Gasteiger partial charge in [0, 0.05) is 5.56 Å². The van der Waals surface area contributed by atoms with Crippen LogP contribution < -0.4 is 4.74 Å². The molecule has 18 heavy (non-hydrogen) atoms. The van der Waals surface area contributed by atoms with E-state index < -0.39 is 0 Å². The topological polar surface area (TPSA) is 21.8 Å². The van der Waals surface area contributed by atoms with Gasteiger partial charge in [0.1, 0.15) is 18.5 Å². The third kappa shape index (κ3) is 1.61. The van der Waals surface area contributed by atoms with Crippen molar-refractivity contribution in [1.82, 2.24) is 0 Å². The molecule has 0 aromatic heterocycles. The van der Waals surface area contributed by atoms with Crippen LogP contribution in [-0.2, 0) is 11.2 Å². The van der Waals surface area contributed by atoms with Crippen LogP contribution in [0.4, 0.5) is 0 Å². The number of epoxide rings is 1. The number of hydrogen-bond donors (Lipinski definition) is 0. The lowest BCUT2D eigenvalue weighted by atomic mass is 10.1. The Bertz CT molecular complexity index is 600. The molecule has 2 nitrogen and oxygen atoms in total. The Kier molecular flexibility index (Phi) is 2.17. The molecular formula is C16H14O2. The molecule has 2 aromatic carbocycles. The van der Waals surface area contributed by atoms with E-state index in [-0.39, 0.29) is 0 Å². The van der Waals surface area contributed by atoms with Gasteiger partial charge in [0.2, 0.25) is 0 Å². The largest absolute Gasteiger partial charge is 0.490 e.